The average Bonchev–Trinajstić information content (AvgIpc) is 2.87. The van der Waals surface area contributed by atoms with Crippen molar-refractivity contribution in [3.05, 3.63) is 22.1 Å². The average molecular weight is 313 g/mol. The molecule has 9 heteroatoms. The Morgan fingerprint density at radius 3 is 3.00 bits per heavy atom. The van der Waals surface area contributed by atoms with Crippen molar-refractivity contribution >= 4 is 28.7 Å². The van der Waals surface area contributed by atoms with Crippen LogP contribution in [0, 0.1) is 0 Å². The van der Waals surface area contributed by atoms with Gasteiger partial charge in [-0.25, -0.2) is 4.98 Å². The minimum Gasteiger partial charge on any atom is -0.394 e. The van der Waals surface area contributed by atoms with Gasteiger partial charge in [0.2, 0.25) is 5.95 Å². The van der Waals surface area contributed by atoms with E-state index in [4.69, 9.17) is 5.73 Å². The first kappa shape index (κ1) is 15.8. The molecule has 116 valence electrons. The molecule has 0 fully saturated rings. The summed E-state index contributed by atoms with van der Waals surface area (Å²) in [7, 11) is 0. The number of fused-ring (bicyclic) bond motifs is 1. The minimum atomic E-state index is -1.01. The molecule has 0 aliphatic rings. The molecule has 2 unspecified atom stereocenters. The van der Waals surface area contributed by atoms with Gasteiger partial charge in [-0.3, -0.25) is 9.78 Å². The van der Waals surface area contributed by atoms with E-state index < -0.39 is 18.8 Å². The Morgan fingerprint density at radius 2 is 2.33 bits per heavy atom. The third-order valence-corrected chi connectivity index (χ3v) is 3.77. The lowest BCUT2D eigenvalue weighted by Crippen LogP contribution is -2.35. The molecule has 2 aromatic rings. The first-order valence-corrected chi connectivity index (χ1v) is 7.86. The molecule has 0 amide bonds. The Kier molecular flexibility index (Phi) is 5.23. The van der Waals surface area contributed by atoms with Gasteiger partial charge >= 0.3 is 0 Å². The van der Waals surface area contributed by atoms with Crippen LogP contribution in [0.15, 0.2) is 11.0 Å². The summed E-state index contributed by atoms with van der Waals surface area (Å²) in [6.45, 7) is 0.247. The van der Waals surface area contributed by atoms with Crippen LogP contribution in [0.5, 0.6) is 0 Å². The zero-order chi connectivity index (χ0) is 15.4. The highest BCUT2D eigenvalue weighted by Crippen LogP contribution is 2.23. The smallest absolute Gasteiger partial charge is 0.276 e. The van der Waals surface area contributed by atoms with Crippen LogP contribution in [0.2, 0.25) is 0 Å². The fourth-order valence-corrected chi connectivity index (χ4v) is 2.49. The van der Waals surface area contributed by atoms with E-state index in [1.807, 2.05) is 6.26 Å². The summed E-state index contributed by atoms with van der Waals surface area (Å²) in [5.74, 6) is 0.863. The molecule has 0 aliphatic carbocycles. The number of nitrogens with zero attached hydrogens (tertiary/aromatic N) is 1. The van der Waals surface area contributed by atoms with E-state index in [1.54, 1.807) is 18.0 Å². The molecule has 7 N–H and O–H groups in total. The van der Waals surface area contributed by atoms with Crippen LogP contribution in [0.25, 0.3) is 11.0 Å². The number of thioether (sulfide) groups is 1. The Bertz CT molecular complexity index is 656. The molecule has 0 aromatic carbocycles. The molecule has 2 heterocycles. The summed E-state index contributed by atoms with van der Waals surface area (Å²) >= 11 is 1.66. The van der Waals surface area contributed by atoms with Gasteiger partial charge in [0.15, 0.2) is 0 Å². The molecule has 2 aromatic heterocycles. The quantitative estimate of drug-likeness (QED) is 0.367. The Hall–Kier alpha value is -1.55. The number of hydrogen-bond donors (Lipinski definition) is 6. The number of rotatable bonds is 7. The van der Waals surface area contributed by atoms with E-state index >= 15 is 0 Å². The topological polar surface area (TPSA) is 140 Å². The highest BCUT2D eigenvalue weighted by atomic mass is 32.2. The molecule has 8 nitrogen and oxygen atoms in total. The standard InChI is InChI=1S/C12H19N5O3S/c1-21-3-2-14-8(7(19)5-18)6-4-15-10-9(6)16-12(13)17-11(10)20/h4,7-8,14-15,18-19H,2-3,5H2,1H3,(H3,13,16,17,20). The number of aromatic nitrogens is 3. The normalized spacial score (nSPS) is 14.4. The zero-order valence-corrected chi connectivity index (χ0v) is 12.4. The number of aliphatic hydroxyl groups is 2. The lowest BCUT2D eigenvalue weighted by molar-refractivity contribution is 0.0635. The van der Waals surface area contributed by atoms with Gasteiger partial charge in [0.05, 0.1) is 18.8 Å². The largest absolute Gasteiger partial charge is 0.394 e. The molecule has 0 saturated carbocycles. The summed E-state index contributed by atoms with van der Waals surface area (Å²) < 4.78 is 0. The lowest BCUT2D eigenvalue weighted by Gasteiger charge is -2.22. The number of aromatic amines is 2. The van der Waals surface area contributed by atoms with Crippen molar-refractivity contribution in [1.82, 2.24) is 20.3 Å². The van der Waals surface area contributed by atoms with Crippen LogP contribution in [0.3, 0.4) is 0 Å². The summed E-state index contributed by atoms with van der Waals surface area (Å²) in [6.07, 6.45) is 2.57. The molecule has 0 spiro atoms. The van der Waals surface area contributed by atoms with E-state index in [0.29, 0.717) is 23.1 Å². The Morgan fingerprint density at radius 1 is 1.57 bits per heavy atom. The molecule has 2 atom stereocenters. The van der Waals surface area contributed by atoms with Gasteiger partial charge in [-0.05, 0) is 6.26 Å². The highest BCUT2D eigenvalue weighted by Gasteiger charge is 2.24. The highest BCUT2D eigenvalue weighted by molar-refractivity contribution is 7.98. The van der Waals surface area contributed by atoms with Crippen molar-refractivity contribution in [1.29, 1.82) is 0 Å². The summed E-state index contributed by atoms with van der Waals surface area (Å²) in [5, 5.41) is 22.4. The molecule has 0 saturated heterocycles. The second kappa shape index (κ2) is 6.94. The van der Waals surface area contributed by atoms with Crippen molar-refractivity contribution in [3.8, 4) is 0 Å². The van der Waals surface area contributed by atoms with Crippen LogP contribution >= 0.6 is 11.8 Å². The first-order chi connectivity index (χ1) is 10.1. The van der Waals surface area contributed by atoms with Gasteiger partial charge in [-0.15, -0.1) is 0 Å². The Labute approximate surface area is 125 Å². The van der Waals surface area contributed by atoms with Crippen molar-refractivity contribution in [2.24, 2.45) is 0 Å². The maximum absolute atomic E-state index is 11.8. The Balaban J connectivity index is 2.41. The zero-order valence-electron chi connectivity index (χ0n) is 11.6. The molecule has 0 aliphatic heterocycles. The number of nitrogen functional groups attached to an aromatic ring is 1. The van der Waals surface area contributed by atoms with Crippen molar-refractivity contribution in [2.45, 2.75) is 12.1 Å². The van der Waals surface area contributed by atoms with Gasteiger partial charge in [0, 0.05) is 24.1 Å². The van der Waals surface area contributed by atoms with E-state index in [9.17, 15) is 15.0 Å². The lowest BCUT2D eigenvalue weighted by atomic mass is 10.0. The van der Waals surface area contributed by atoms with Crippen molar-refractivity contribution < 1.29 is 10.2 Å². The van der Waals surface area contributed by atoms with Crippen LogP contribution in [-0.2, 0) is 0 Å². The summed E-state index contributed by atoms with van der Waals surface area (Å²) in [6, 6.07) is -0.537. The second-order valence-electron chi connectivity index (χ2n) is 4.59. The van der Waals surface area contributed by atoms with E-state index in [0.717, 1.165) is 5.75 Å². The van der Waals surface area contributed by atoms with Gasteiger partial charge in [0.25, 0.3) is 5.56 Å². The summed E-state index contributed by atoms with van der Waals surface area (Å²) in [5.41, 5.74) is 6.49. The van der Waals surface area contributed by atoms with E-state index in [2.05, 4.69) is 20.3 Å². The number of anilines is 1. The van der Waals surface area contributed by atoms with Crippen LogP contribution in [0.1, 0.15) is 11.6 Å². The van der Waals surface area contributed by atoms with E-state index in [1.165, 1.54) is 0 Å². The fourth-order valence-electron chi connectivity index (χ4n) is 2.16. The predicted octanol–water partition coefficient (Wildman–Crippen LogP) is -0.820. The van der Waals surface area contributed by atoms with E-state index in [-0.39, 0.29) is 11.5 Å². The third kappa shape index (κ3) is 3.38. The predicted molar refractivity (Wildman–Crippen MR) is 83.3 cm³/mol. The first-order valence-electron chi connectivity index (χ1n) is 6.46. The maximum atomic E-state index is 11.8. The fraction of sp³-hybridized carbons (Fsp3) is 0.500. The van der Waals surface area contributed by atoms with Crippen molar-refractivity contribution in [3.63, 3.8) is 0 Å². The van der Waals surface area contributed by atoms with Gasteiger partial charge in [-0.2, -0.15) is 11.8 Å². The number of nitrogens with one attached hydrogen (secondary N) is 3. The molecular weight excluding hydrogens is 294 g/mol. The summed E-state index contributed by atoms with van der Waals surface area (Å²) in [4.78, 5) is 21.1. The maximum Gasteiger partial charge on any atom is 0.276 e. The van der Waals surface area contributed by atoms with Crippen molar-refractivity contribution in [2.75, 3.05) is 30.9 Å². The van der Waals surface area contributed by atoms with Crippen LogP contribution < -0.4 is 16.6 Å². The molecular formula is C12H19N5O3S. The molecule has 0 radical (unpaired) electrons. The number of aliphatic hydroxyl groups excluding tert-OH is 2. The van der Waals surface area contributed by atoms with Gasteiger partial charge in [-0.1, -0.05) is 0 Å². The second-order valence-corrected chi connectivity index (χ2v) is 5.58. The third-order valence-electron chi connectivity index (χ3n) is 3.16. The molecule has 0 bridgehead atoms. The number of nitrogens with two attached hydrogens (primary N) is 1. The van der Waals surface area contributed by atoms with Gasteiger partial charge < -0.3 is 26.2 Å². The monoisotopic (exact) mass is 313 g/mol. The van der Waals surface area contributed by atoms with Gasteiger partial charge in [0.1, 0.15) is 11.0 Å². The molecule has 2 rings (SSSR count). The minimum absolute atomic E-state index is 0.00898. The number of H-pyrrole nitrogens is 2. The van der Waals surface area contributed by atoms with Crippen LogP contribution in [0.4, 0.5) is 5.95 Å². The molecule has 21 heavy (non-hydrogen) atoms. The SMILES string of the molecule is CSCCNC(c1c[nH]c2c(=O)[nH]c(N)nc12)C(O)CO. The number of hydrogen-bond acceptors (Lipinski definition) is 7. The van der Waals surface area contributed by atoms with Crippen LogP contribution in [-0.4, -0.2) is 56.4 Å².